The lowest BCUT2D eigenvalue weighted by Crippen LogP contribution is -2.35. The number of nitro groups is 1. The minimum atomic E-state index is -1.10. The van der Waals surface area contributed by atoms with Gasteiger partial charge in [0.25, 0.3) is 11.2 Å². The molecule has 0 spiro atoms. The molecular weight excluding hydrogens is 534 g/mol. The van der Waals surface area contributed by atoms with Crippen LogP contribution in [0, 0.1) is 10.1 Å². The molecule has 2 aromatic carbocycles. The Balaban J connectivity index is 1.92. The number of fused-ring (bicyclic) bond motifs is 1. The van der Waals surface area contributed by atoms with Gasteiger partial charge in [0, 0.05) is 5.70 Å². The number of thiazole rings is 1. The van der Waals surface area contributed by atoms with Crippen LogP contribution in [0.5, 0.6) is 11.5 Å². The maximum Gasteiger partial charge on any atom is 0.338 e. The van der Waals surface area contributed by atoms with E-state index in [0.29, 0.717) is 21.5 Å². The van der Waals surface area contributed by atoms with Gasteiger partial charge in [-0.1, -0.05) is 61.1 Å². The number of carbonyl (C=O) groups is 1. The van der Waals surface area contributed by atoms with Crippen LogP contribution in [0.3, 0.4) is 0 Å². The Hall–Kier alpha value is -4.25. The van der Waals surface area contributed by atoms with Gasteiger partial charge in [0.2, 0.25) is 0 Å². The van der Waals surface area contributed by atoms with E-state index in [4.69, 9.17) is 19.2 Å². The summed E-state index contributed by atoms with van der Waals surface area (Å²) in [5.74, 6) is -0.228. The number of carbonyl (C=O) groups excluding carboxylic acids is 1. The fraction of sp³-hybridized carbons (Fsp3) is 0.345. The van der Waals surface area contributed by atoms with Crippen LogP contribution in [0.1, 0.15) is 57.7 Å². The quantitative estimate of drug-likeness (QED) is 0.190. The number of nitrogens with zero attached hydrogens (tertiary/aromatic N) is 3. The van der Waals surface area contributed by atoms with Crippen molar-refractivity contribution < 1.29 is 23.9 Å². The highest BCUT2D eigenvalue weighted by Crippen LogP contribution is 2.43. The molecule has 3 aromatic rings. The fourth-order valence-electron chi connectivity index (χ4n) is 4.41. The van der Waals surface area contributed by atoms with E-state index < -0.39 is 16.9 Å². The molecular formula is C29H31N3O7S. The fourth-order valence-corrected chi connectivity index (χ4v) is 5.46. The molecule has 0 aliphatic carbocycles. The van der Waals surface area contributed by atoms with Crippen molar-refractivity contribution in [1.82, 2.24) is 4.57 Å². The summed E-state index contributed by atoms with van der Waals surface area (Å²) in [5.41, 5.74) is 0.814. The molecule has 0 saturated heterocycles. The Morgan fingerprint density at radius 3 is 2.50 bits per heavy atom. The van der Waals surface area contributed by atoms with Crippen molar-refractivity contribution in [2.45, 2.75) is 53.2 Å². The maximum atomic E-state index is 13.2. The molecule has 0 fully saturated rings. The maximum absolute atomic E-state index is 13.2. The predicted octanol–water partition coefficient (Wildman–Crippen LogP) is 4.54. The molecule has 210 valence electrons. The van der Waals surface area contributed by atoms with Crippen molar-refractivity contribution in [2.24, 2.45) is 4.99 Å². The van der Waals surface area contributed by atoms with E-state index in [9.17, 15) is 19.7 Å². The van der Waals surface area contributed by atoms with Crippen molar-refractivity contribution >= 4 is 34.8 Å². The second-order valence-corrected chi connectivity index (χ2v) is 9.96. The SMILES string of the molecule is CCC/C=c1\sc2n(c1=O)C(C)=C(C(=O)OCC)[C@@H](c1cc(OCC)c(OCc3ccccc3)cc1[N+](=O)[O-])N=2. The second kappa shape index (κ2) is 12.7. The van der Waals surface area contributed by atoms with Gasteiger partial charge in [0.15, 0.2) is 16.3 Å². The van der Waals surface area contributed by atoms with Gasteiger partial charge in [0.1, 0.15) is 12.6 Å². The summed E-state index contributed by atoms with van der Waals surface area (Å²) < 4.78 is 19.0. The van der Waals surface area contributed by atoms with E-state index in [1.807, 2.05) is 43.3 Å². The highest BCUT2D eigenvalue weighted by molar-refractivity contribution is 7.07. The number of rotatable bonds is 11. The number of hydrogen-bond donors (Lipinski definition) is 0. The van der Waals surface area contributed by atoms with Gasteiger partial charge in [-0.25, -0.2) is 9.79 Å². The van der Waals surface area contributed by atoms with Crippen molar-refractivity contribution in [1.29, 1.82) is 0 Å². The lowest BCUT2D eigenvalue weighted by Gasteiger charge is -2.23. The number of nitro benzene ring substituents is 1. The lowest BCUT2D eigenvalue weighted by atomic mass is 9.94. The summed E-state index contributed by atoms with van der Waals surface area (Å²) in [4.78, 5) is 43.3. The van der Waals surface area contributed by atoms with Crippen molar-refractivity contribution in [3.05, 3.63) is 89.0 Å². The lowest BCUT2D eigenvalue weighted by molar-refractivity contribution is -0.385. The summed E-state index contributed by atoms with van der Waals surface area (Å²) in [6, 6.07) is 11.1. The molecule has 1 aliphatic rings. The molecule has 11 heteroatoms. The van der Waals surface area contributed by atoms with Gasteiger partial charge < -0.3 is 14.2 Å². The Morgan fingerprint density at radius 2 is 1.85 bits per heavy atom. The molecule has 0 saturated carbocycles. The van der Waals surface area contributed by atoms with E-state index in [0.717, 1.165) is 12.0 Å². The molecule has 1 aromatic heterocycles. The number of esters is 1. The van der Waals surface area contributed by atoms with Crippen molar-refractivity contribution in [3.63, 3.8) is 0 Å². The summed E-state index contributed by atoms with van der Waals surface area (Å²) >= 11 is 1.18. The number of aromatic nitrogens is 1. The first kappa shape index (κ1) is 28.8. The minimum absolute atomic E-state index is 0.0554. The molecule has 0 N–H and O–H groups in total. The third-order valence-corrected chi connectivity index (χ3v) is 7.31. The molecule has 0 amide bonds. The zero-order valence-electron chi connectivity index (χ0n) is 22.8. The molecule has 2 heterocycles. The summed E-state index contributed by atoms with van der Waals surface area (Å²) in [7, 11) is 0. The molecule has 4 rings (SSSR count). The third kappa shape index (κ3) is 5.84. The van der Waals surface area contributed by atoms with E-state index in [-0.39, 0.29) is 53.7 Å². The Labute approximate surface area is 235 Å². The van der Waals surface area contributed by atoms with Gasteiger partial charge >= 0.3 is 5.97 Å². The molecule has 0 radical (unpaired) electrons. The highest BCUT2D eigenvalue weighted by Gasteiger charge is 2.36. The first-order valence-electron chi connectivity index (χ1n) is 13.1. The zero-order valence-corrected chi connectivity index (χ0v) is 23.7. The largest absolute Gasteiger partial charge is 0.490 e. The first-order valence-corrected chi connectivity index (χ1v) is 13.9. The van der Waals surface area contributed by atoms with Gasteiger partial charge in [-0.15, -0.1) is 0 Å². The van der Waals surface area contributed by atoms with Crippen molar-refractivity contribution in [3.8, 4) is 11.5 Å². The topological polar surface area (TPSA) is 122 Å². The number of allylic oxidation sites excluding steroid dienone is 1. The van der Waals surface area contributed by atoms with Crippen LogP contribution < -0.4 is 24.4 Å². The number of benzene rings is 2. The summed E-state index contributed by atoms with van der Waals surface area (Å²) in [5, 5.41) is 12.3. The molecule has 1 atom stereocenters. The summed E-state index contributed by atoms with van der Waals surface area (Å²) in [6.45, 7) is 7.63. The van der Waals surface area contributed by atoms with Crippen LogP contribution in [-0.2, 0) is 16.1 Å². The average Bonchev–Trinajstić information content (AvgIpc) is 3.26. The van der Waals surface area contributed by atoms with Crippen LogP contribution in [0.15, 0.2) is 57.8 Å². The van der Waals surface area contributed by atoms with Gasteiger partial charge in [-0.05, 0) is 38.8 Å². The number of hydrogen-bond acceptors (Lipinski definition) is 9. The van der Waals surface area contributed by atoms with Gasteiger partial charge in [-0.2, -0.15) is 0 Å². The Kier molecular flexibility index (Phi) is 9.15. The molecule has 0 unspecified atom stereocenters. The monoisotopic (exact) mass is 565 g/mol. The first-order chi connectivity index (χ1) is 19.3. The molecule has 0 bridgehead atoms. The van der Waals surface area contributed by atoms with Crippen LogP contribution in [-0.4, -0.2) is 28.7 Å². The van der Waals surface area contributed by atoms with E-state index in [1.54, 1.807) is 20.8 Å². The average molecular weight is 566 g/mol. The predicted molar refractivity (Wildman–Crippen MR) is 152 cm³/mol. The minimum Gasteiger partial charge on any atom is -0.490 e. The smallest absolute Gasteiger partial charge is 0.338 e. The van der Waals surface area contributed by atoms with Gasteiger partial charge in [-0.3, -0.25) is 19.5 Å². The van der Waals surface area contributed by atoms with Crippen molar-refractivity contribution in [2.75, 3.05) is 13.2 Å². The van der Waals surface area contributed by atoms with Crippen LogP contribution >= 0.6 is 11.3 Å². The number of unbranched alkanes of at least 4 members (excludes halogenated alkanes) is 1. The van der Waals surface area contributed by atoms with Crippen LogP contribution in [0.4, 0.5) is 5.69 Å². The standard InChI is InChI=1S/C29H31N3O7S/c1-5-8-14-24-27(33)31-18(4)25(28(34)38-7-3)26(30-29(31)40-24)20-15-22(37-6-2)23(16-21(20)32(35)36)39-17-19-12-10-9-11-13-19/h9-16,26H,5-8,17H2,1-4H3/b24-14-/t26-/m1/s1. The highest BCUT2D eigenvalue weighted by atomic mass is 32.1. The molecule has 10 nitrogen and oxygen atoms in total. The van der Waals surface area contributed by atoms with Crippen LogP contribution in [0.25, 0.3) is 11.8 Å². The van der Waals surface area contributed by atoms with E-state index in [1.165, 1.54) is 28.0 Å². The second-order valence-electron chi connectivity index (χ2n) is 8.96. The Bertz CT molecular complexity index is 1620. The van der Waals surface area contributed by atoms with Crippen LogP contribution in [0.2, 0.25) is 0 Å². The molecule has 1 aliphatic heterocycles. The third-order valence-electron chi connectivity index (χ3n) is 6.28. The van der Waals surface area contributed by atoms with Gasteiger partial charge in [0.05, 0.1) is 39.9 Å². The van der Waals surface area contributed by atoms with E-state index >= 15 is 0 Å². The number of ether oxygens (including phenoxy) is 3. The zero-order chi connectivity index (χ0) is 28.8. The Morgan fingerprint density at radius 1 is 1.12 bits per heavy atom. The van der Waals surface area contributed by atoms with E-state index in [2.05, 4.69) is 0 Å². The summed E-state index contributed by atoms with van der Waals surface area (Å²) in [6.07, 6.45) is 3.41. The normalized spacial score (nSPS) is 14.9. The molecule has 40 heavy (non-hydrogen) atoms.